The number of hydrogen-bond acceptors (Lipinski definition) is 6. The van der Waals surface area contributed by atoms with Crippen molar-refractivity contribution >= 4 is 40.9 Å². The molecule has 14 heteroatoms. The molecule has 0 radical (unpaired) electrons. The van der Waals surface area contributed by atoms with E-state index in [4.69, 9.17) is 27.9 Å². The summed E-state index contributed by atoms with van der Waals surface area (Å²) in [6.45, 7) is 1.69. The molecule has 2 N–H and O–H groups in total. The molecule has 1 saturated carbocycles. The summed E-state index contributed by atoms with van der Waals surface area (Å²) in [7, 11) is 0. The minimum atomic E-state index is -4.92. The fourth-order valence-electron chi connectivity index (χ4n) is 6.69. The number of carboxylic acids is 1. The Morgan fingerprint density at radius 1 is 1.15 bits per heavy atom. The van der Waals surface area contributed by atoms with Gasteiger partial charge in [-0.3, -0.25) is 24.0 Å². The van der Waals surface area contributed by atoms with E-state index in [1.54, 1.807) is 6.92 Å². The Kier molecular flexibility index (Phi) is 8.12. The van der Waals surface area contributed by atoms with Crippen molar-refractivity contribution in [2.45, 2.75) is 88.3 Å². The molecular formula is C27H29Cl2F3N4O5. The second kappa shape index (κ2) is 11.2. The predicted octanol–water partition coefficient (Wildman–Crippen LogP) is 5.75. The molecule has 3 aliphatic rings. The zero-order valence-electron chi connectivity index (χ0n) is 22.1. The molecule has 4 heterocycles. The van der Waals surface area contributed by atoms with Gasteiger partial charge in [0.15, 0.2) is 11.5 Å². The number of carbonyl (C=O) groups is 3. The zero-order valence-corrected chi connectivity index (χ0v) is 23.6. The molecule has 2 bridgehead atoms. The number of aliphatic carboxylic acids is 1. The lowest BCUT2D eigenvalue weighted by Crippen LogP contribution is -2.52. The van der Waals surface area contributed by atoms with Gasteiger partial charge in [-0.25, -0.2) is 0 Å². The molecule has 4 atom stereocenters. The van der Waals surface area contributed by atoms with Crippen LogP contribution in [-0.2, 0) is 15.7 Å². The number of fused-ring (bicyclic) bond motifs is 2. The highest BCUT2D eigenvalue weighted by atomic mass is 35.5. The summed E-state index contributed by atoms with van der Waals surface area (Å²) in [5, 5.41) is 16.1. The van der Waals surface area contributed by atoms with E-state index in [0.717, 1.165) is 10.9 Å². The number of Topliss-reactive ketones (excluding diaryl/α,β-unsaturated/α-hetero) is 1. The van der Waals surface area contributed by atoms with E-state index in [-0.39, 0.29) is 53.3 Å². The smallest absolute Gasteiger partial charge is 0.433 e. The number of aromatic nitrogens is 3. The third-order valence-electron chi connectivity index (χ3n) is 8.76. The first-order chi connectivity index (χ1) is 19.3. The first kappa shape index (κ1) is 29.8. The predicted molar refractivity (Wildman–Crippen MR) is 141 cm³/mol. The summed E-state index contributed by atoms with van der Waals surface area (Å²) < 4.78 is 50.2. The Labute approximate surface area is 243 Å². The van der Waals surface area contributed by atoms with Crippen LogP contribution in [0.15, 0.2) is 18.6 Å². The average molecular weight is 617 g/mol. The van der Waals surface area contributed by atoms with Crippen molar-refractivity contribution in [2.75, 3.05) is 0 Å². The van der Waals surface area contributed by atoms with Gasteiger partial charge in [-0.15, -0.1) is 0 Å². The fourth-order valence-corrected chi connectivity index (χ4v) is 7.27. The lowest BCUT2D eigenvalue weighted by atomic mass is 9.78. The van der Waals surface area contributed by atoms with Crippen LogP contribution in [-0.4, -0.2) is 55.3 Å². The minimum absolute atomic E-state index is 0.0152. The number of ketones is 1. The highest BCUT2D eigenvalue weighted by Crippen LogP contribution is 2.47. The standard InChI is InChI=1S/C27H29Cl2F3N4O5/c1-13-8-14(2-3-16(13)25(39)40)36-23(27(30,31)32)17(10-34-36)24(38)35-21(26-6-4-15(41-26)5-7-26)9-20(37)22-18(28)11-33-12-19(22)29/h10-16,21H,2-9H2,1H3,(H,35,38)(H,39,40)/t13-,14-,15-,16-,21?,26+/m0/s1. The van der Waals surface area contributed by atoms with Gasteiger partial charge >= 0.3 is 12.1 Å². The highest BCUT2D eigenvalue weighted by Gasteiger charge is 2.53. The number of carbonyl (C=O) groups excluding carboxylic acids is 2. The number of nitrogens with zero attached hydrogens (tertiary/aromatic N) is 3. The molecule has 222 valence electrons. The molecule has 2 saturated heterocycles. The van der Waals surface area contributed by atoms with Crippen molar-refractivity contribution in [3.05, 3.63) is 45.5 Å². The molecule has 3 fully saturated rings. The second-order valence-corrected chi connectivity index (χ2v) is 12.1. The Bertz CT molecular complexity index is 1340. The fraction of sp³-hybridized carbons (Fsp3) is 0.593. The van der Waals surface area contributed by atoms with Crippen LogP contribution in [0.5, 0.6) is 0 Å². The lowest BCUT2D eigenvalue weighted by Gasteiger charge is -2.35. The summed E-state index contributed by atoms with van der Waals surface area (Å²) in [5.41, 5.74) is -2.78. The third-order valence-corrected chi connectivity index (χ3v) is 9.33. The molecule has 2 aromatic rings. The Balaban J connectivity index is 1.44. The van der Waals surface area contributed by atoms with Crippen LogP contribution in [0.3, 0.4) is 0 Å². The zero-order chi connectivity index (χ0) is 29.7. The molecule has 0 spiro atoms. The molecule has 2 aliphatic heterocycles. The van der Waals surface area contributed by atoms with Crippen LogP contribution in [0.1, 0.15) is 90.7 Å². The summed E-state index contributed by atoms with van der Waals surface area (Å²) in [6.07, 6.45) is 1.17. The molecule has 1 amide bonds. The van der Waals surface area contributed by atoms with Gasteiger partial charge in [-0.1, -0.05) is 30.1 Å². The van der Waals surface area contributed by atoms with E-state index in [1.165, 1.54) is 12.4 Å². The van der Waals surface area contributed by atoms with E-state index < -0.39 is 58.7 Å². The van der Waals surface area contributed by atoms with E-state index in [2.05, 4.69) is 15.4 Å². The van der Waals surface area contributed by atoms with Crippen molar-refractivity contribution in [3.63, 3.8) is 0 Å². The van der Waals surface area contributed by atoms with E-state index in [1.807, 2.05) is 0 Å². The van der Waals surface area contributed by atoms with Crippen LogP contribution < -0.4 is 5.32 Å². The van der Waals surface area contributed by atoms with Crippen molar-refractivity contribution in [2.24, 2.45) is 11.8 Å². The van der Waals surface area contributed by atoms with Gasteiger partial charge in [0.2, 0.25) is 0 Å². The Hall–Kier alpha value is -2.70. The first-order valence-corrected chi connectivity index (χ1v) is 14.2. The number of hydrogen-bond donors (Lipinski definition) is 2. The number of rotatable bonds is 8. The maximum absolute atomic E-state index is 14.4. The SMILES string of the molecule is C[C@H]1C[C@@H](n2ncc(C(=O)NC(CC(=O)c3c(Cl)cncc3Cl)[C@]34CC[C@H](CC3)O4)c2C(F)(F)F)CC[C@@H]1C(=O)O. The summed E-state index contributed by atoms with van der Waals surface area (Å²) in [5.74, 6) is -3.54. The largest absolute Gasteiger partial charge is 0.481 e. The number of pyridine rings is 1. The summed E-state index contributed by atoms with van der Waals surface area (Å²) in [4.78, 5) is 42.2. The molecule has 2 aromatic heterocycles. The molecular weight excluding hydrogens is 588 g/mol. The molecule has 5 rings (SSSR count). The highest BCUT2D eigenvalue weighted by molar-refractivity contribution is 6.39. The quantitative estimate of drug-likeness (QED) is 0.362. The van der Waals surface area contributed by atoms with Crippen LogP contribution in [0.2, 0.25) is 10.0 Å². The second-order valence-electron chi connectivity index (χ2n) is 11.3. The minimum Gasteiger partial charge on any atom is -0.481 e. The molecule has 9 nitrogen and oxygen atoms in total. The Morgan fingerprint density at radius 3 is 2.34 bits per heavy atom. The maximum Gasteiger partial charge on any atom is 0.433 e. The summed E-state index contributed by atoms with van der Waals surface area (Å²) in [6, 6.07) is -1.68. The van der Waals surface area contributed by atoms with Crippen LogP contribution in [0.25, 0.3) is 0 Å². The van der Waals surface area contributed by atoms with Gasteiger partial charge in [-0.2, -0.15) is 18.3 Å². The molecule has 1 unspecified atom stereocenters. The Morgan fingerprint density at radius 2 is 1.80 bits per heavy atom. The van der Waals surface area contributed by atoms with Gasteiger partial charge in [0.1, 0.15) is 0 Å². The van der Waals surface area contributed by atoms with Gasteiger partial charge in [-0.05, 0) is 50.9 Å². The van der Waals surface area contributed by atoms with E-state index in [0.29, 0.717) is 25.7 Å². The topological polar surface area (TPSA) is 123 Å². The monoisotopic (exact) mass is 616 g/mol. The van der Waals surface area contributed by atoms with Gasteiger partial charge in [0.05, 0.1) is 57.1 Å². The van der Waals surface area contributed by atoms with Crippen molar-refractivity contribution < 1.29 is 37.4 Å². The number of ether oxygens (including phenoxy) is 1. The van der Waals surface area contributed by atoms with Crippen molar-refractivity contribution in [1.82, 2.24) is 20.1 Å². The molecule has 41 heavy (non-hydrogen) atoms. The summed E-state index contributed by atoms with van der Waals surface area (Å²) >= 11 is 12.4. The normalized spacial score (nSPS) is 28.4. The first-order valence-electron chi connectivity index (χ1n) is 13.5. The van der Waals surface area contributed by atoms with Gasteiger partial charge in [0, 0.05) is 18.8 Å². The number of halogens is 5. The third kappa shape index (κ3) is 5.70. The number of alkyl halides is 3. The number of nitrogens with one attached hydrogen (secondary N) is 1. The number of carboxylic acid groups (broad SMARTS) is 1. The molecule has 1 aliphatic carbocycles. The van der Waals surface area contributed by atoms with E-state index >= 15 is 0 Å². The average Bonchev–Trinajstić information content (AvgIpc) is 3.63. The maximum atomic E-state index is 14.4. The van der Waals surface area contributed by atoms with Crippen LogP contribution in [0.4, 0.5) is 13.2 Å². The van der Waals surface area contributed by atoms with Gasteiger partial charge in [0.25, 0.3) is 5.91 Å². The van der Waals surface area contributed by atoms with E-state index in [9.17, 15) is 32.7 Å². The number of amides is 1. The van der Waals surface area contributed by atoms with Crippen molar-refractivity contribution in [3.8, 4) is 0 Å². The van der Waals surface area contributed by atoms with Crippen molar-refractivity contribution in [1.29, 1.82) is 0 Å². The molecule has 0 aromatic carbocycles. The van der Waals surface area contributed by atoms with Crippen LogP contribution in [0, 0.1) is 11.8 Å². The van der Waals surface area contributed by atoms with Crippen LogP contribution >= 0.6 is 23.2 Å². The lowest BCUT2D eigenvalue weighted by molar-refractivity contribution is -0.148. The van der Waals surface area contributed by atoms with Gasteiger partial charge < -0.3 is 15.2 Å².